The molecule has 1 aromatic rings. The second-order valence-corrected chi connectivity index (χ2v) is 11.3. The lowest BCUT2D eigenvalue weighted by Crippen LogP contribution is -2.40. The van der Waals surface area contributed by atoms with E-state index in [9.17, 15) is 38.4 Å². The van der Waals surface area contributed by atoms with Crippen LogP contribution in [0.4, 0.5) is 0 Å². The highest BCUT2D eigenvalue weighted by molar-refractivity contribution is 7.66. The molecule has 0 radical (unpaired) electrons. The topological polar surface area (TPSA) is 255 Å². The Morgan fingerprint density at radius 1 is 1.10 bits per heavy atom. The molecule has 0 spiro atoms. The van der Waals surface area contributed by atoms with Crippen LogP contribution in [0.1, 0.15) is 12.5 Å². The Labute approximate surface area is 166 Å². The summed E-state index contributed by atoms with van der Waals surface area (Å²) in [6.45, 7) is -0.784. The predicted octanol–water partition coefficient (Wildman–Crippen LogP) is -1.84. The lowest BCUT2D eigenvalue weighted by molar-refractivity contribution is -0.0306. The van der Waals surface area contributed by atoms with Gasteiger partial charge in [0.05, 0.1) is 18.8 Å². The van der Waals surface area contributed by atoms with Crippen LogP contribution in [0, 0.1) is 11.3 Å². The van der Waals surface area contributed by atoms with Crippen LogP contribution in [-0.4, -0.2) is 58.2 Å². The third kappa shape index (κ3) is 4.75. The minimum absolute atomic E-state index is 0.108. The van der Waals surface area contributed by atoms with E-state index in [1.165, 1.54) is 0 Å². The van der Waals surface area contributed by atoms with Crippen LogP contribution in [0.15, 0.2) is 21.9 Å². The molecule has 19 heteroatoms. The molecule has 2 unspecified atom stereocenters. The maximum absolute atomic E-state index is 12.0. The summed E-state index contributed by atoms with van der Waals surface area (Å²) in [4.78, 5) is 60.9. The predicted molar refractivity (Wildman–Crippen MR) is 92.7 cm³/mol. The lowest BCUT2D eigenvalue weighted by atomic mass is 10.0. The number of rotatable bonds is 8. The summed E-state index contributed by atoms with van der Waals surface area (Å²) < 4.78 is 46.6. The minimum Gasteiger partial charge on any atom is -0.390 e. The number of nitrogens with one attached hydrogen (secondary N) is 1. The Hall–Kier alpha value is -0.990. The van der Waals surface area contributed by atoms with Gasteiger partial charge in [0.25, 0.3) is 5.56 Å². The zero-order valence-electron chi connectivity index (χ0n) is 14.6. The molecule has 7 N–H and O–H groups in total. The van der Waals surface area contributed by atoms with Crippen LogP contribution < -0.4 is 11.2 Å². The van der Waals surface area contributed by atoms with Crippen LogP contribution in [0.5, 0.6) is 0 Å². The summed E-state index contributed by atoms with van der Waals surface area (Å²) in [5.74, 6) is -0.640. The van der Waals surface area contributed by atoms with E-state index in [2.05, 4.69) is 13.1 Å². The fourth-order valence-corrected chi connectivity index (χ4v) is 6.79. The first kappa shape index (κ1) is 23.7. The van der Waals surface area contributed by atoms with Crippen molar-refractivity contribution in [3.8, 4) is 0 Å². The van der Waals surface area contributed by atoms with Gasteiger partial charge in [-0.15, -0.1) is 0 Å². The van der Waals surface area contributed by atoms with Crippen molar-refractivity contribution in [2.45, 2.75) is 24.7 Å². The van der Waals surface area contributed by atoms with Gasteiger partial charge in [0.1, 0.15) is 6.10 Å². The van der Waals surface area contributed by atoms with E-state index in [0.29, 0.717) is 0 Å². The van der Waals surface area contributed by atoms with Gasteiger partial charge in [-0.25, -0.2) is 18.5 Å². The van der Waals surface area contributed by atoms with E-state index in [-0.39, 0.29) is 6.42 Å². The standard InChI is InChI=1S/C11H17N2O14P3/c14-6-1-2-13(10(17)12-6)7-5-3-11(5,9(16)8(7)15)4-25-29(21,22)27-30(23,24)26-28(18,19)20/h1-2,5,7-9,15-16H,3-4H2,(H,21,22)(H,23,24)(H,12,14,17)(H2,18,19,20)/t5-,7-,8+,9+,11+/m1/s1. The monoisotopic (exact) mass is 494 g/mol. The van der Waals surface area contributed by atoms with Crippen molar-refractivity contribution in [1.82, 2.24) is 9.55 Å². The highest BCUT2D eigenvalue weighted by Gasteiger charge is 2.72. The largest absolute Gasteiger partial charge is 0.490 e. The summed E-state index contributed by atoms with van der Waals surface area (Å²) in [7, 11) is -16.7. The van der Waals surface area contributed by atoms with Gasteiger partial charge in [-0.2, -0.15) is 8.62 Å². The SMILES string of the molecule is O=c1ccn([C@H]2[C@H](O)[C@H](O)[C@]3(COP(=O)(O)OP(=O)(O)OP(=O)(O)O)C[C@H]23)c(=O)[nH]1. The molecule has 3 rings (SSSR count). The fourth-order valence-electron chi connectivity index (χ4n) is 3.69. The smallest absolute Gasteiger partial charge is 0.390 e. The van der Waals surface area contributed by atoms with Gasteiger partial charge in [-0.05, 0) is 12.3 Å². The van der Waals surface area contributed by atoms with Gasteiger partial charge in [0, 0.05) is 17.7 Å². The third-order valence-electron chi connectivity index (χ3n) is 4.94. The summed E-state index contributed by atoms with van der Waals surface area (Å²) in [5.41, 5.74) is -2.86. The average Bonchev–Trinajstić information content (AvgIpc) is 3.21. The van der Waals surface area contributed by atoms with Crippen molar-refractivity contribution < 1.29 is 56.6 Å². The number of aromatic amines is 1. The number of H-pyrrole nitrogens is 1. The van der Waals surface area contributed by atoms with E-state index in [1.807, 2.05) is 4.98 Å². The molecule has 0 amide bonds. The molecular formula is C11H17N2O14P3. The molecule has 2 saturated carbocycles. The zero-order chi connectivity index (χ0) is 22.7. The van der Waals surface area contributed by atoms with Gasteiger partial charge < -0.3 is 29.8 Å². The molecule has 7 atom stereocenters. The van der Waals surface area contributed by atoms with Gasteiger partial charge in [-0.1, -0.05) is 0 Å². The Kier molecular flexibility index (Phi) is 5.96. The molecule has 170 valence electrons. The minimum atomic E-state index is -5.70. The maximum atomic E-state index is 12.0. The molecule has 30 heavy (non-hydrogen) atoms. The third-order valence-corrected chi connectivity index (χ3v) is 8.72. The molecule has 1 aromatic heterocycles. The van der Waals surface area contributed by atoms with Crippen molar-refractivity contribution in [2.24, 2.45) is 11.3 Å². The van der Waals surface area contributed by atoms with Gasteiger partial charge in [-0.3, -0.25) is 18.9 Å². The summed E-state index contributed by atoms with van der Waals surface area (Å²) in [6.07, 6.45) is -1.84. The Bertz CT molecular complexity index is 1090. The van der Waals surface area contributed by atoms with Gasteiger partial charge in [0.2, 0.25) is 0 Å². The Morgan fingerprint density at radius 2 is 1.73 bits per heavy atom. The number of phosphoric acid groups is 3. The maximum Gasteiger partial charge on any atom is 0.490 e. The number of hydrogen-bond donors (Lipinski definition) is 7. The van der Waals surface area contributed by atoms with E-state index >= 15 is 0 Å². The first-order chi connectivity index (χ1) is 13.6. The number of nitrogens with zero attached hydrogens (tertiary/aromatic N) is 1. The van der Waals surface area contributed by atoms with E-state index in [1.54, 1.807) is 0 Å². The zero-order valence-corrected chi connectivity index (χ0v) is 17.3. The second-order valence-electron chi connectivity index (χ2n) is 6.85. The van der Waals surface area contributed by atoms with E-state index in [4.69, 9.17) is 14.7 Å². The number of phosphoric ester groups is 1. The van der Waals surface area contributed by atoms with Crippen molar-refractivity contribution in [3.05, 3.63) is 33.1 Å². The molecule has 0 aromatic carbocycles. The van der Waals surface area contributed by atoms with Crippen LogP contribution >= 0.6 is 23.5 Å². The quantitative estimate of drug-likeness (QED) is 0.196. The first-order valence-corrected chi connectivity index (χ1v) is 12.5. The van der Waals surface area contributed by atoms with Crippen LogP contribution in [0.25, 0.3) is 0 Å². The molecule has 2 fully saturated rings. The molecular weight excluding hydrogens is 477 g/mol. The molecule has 0 bridgehead atoms. The first-order valence-electron chi connectivity index (χ1n) is 8.03. The normalized spacial score (nSPS) is 34.7. The number of aromatic nitrogens is 2. The number of hydrogen-bond acceptors (Lipinski definition) is 10. The molecule has 2 aliphatic carbocycles. The summed E-state index contributed by atoms with van der Waals surface area (Å²) in [6, 6.07) is 0.0171. The van der Waals surface area contributed by atoms with Crippen molar-refractivity contribution in [3.63, 3.8) is 0 Å². The van der Waals surface area contributed by atoms with Crippen molar-refractivity contribution in [2.75, 3.05) is 6.61 Å². The molecule has 1 heterocycles. The lowest BCUT2D eigenvalue weighted by Gasteiger charge is -2.24. The van der Waals surface area contributed by atoms with Crippen LogP contribution in [0.3, 0.4) is 0 Å². The fraction of sp³-hybridized carbons (Fsp3) is 0.636. The number of aliphatic hydroxyl groups is 2. The average molecular weight is 494 g/mol. The molecule has 0 aliphatic heterocycles. The summed E-state index contributed by atoms with van der Waals surface area (Å²) in [5, 5.41) is 20.7. The molecule has 0 saturated heterocycles. The van der Waals surface area contributed by atoms with Crippen molar-refractivity contribution in [1.29, 1.82) is 0 Å². The Morgan fingerprint density at radius 3 is 2.30 bits per heavy atom. The molecule has 2 aliphatic rings. The highest BCUT2D eigenvalue weighted by Crippen LogP contribution is 2.70. The van der Waals surface area contributed by atoms with E-state index < -0.39 is 70.9 Å². The van der Waals surface area contributed by atoms with Gasteiger partial charge >= 0.3 is 29.2 Å². The molecule has 16 nitrogen and oxygen atoms in total. The summed E-state index contributed by atoms with van der Waals surface area (Å²) >= 11 is 0. The van der Waals surface area contributed by atoms with Crippen molar-refractivity contribution >= 4 is 23.5 Å². The van der Waals surface area contributed by atoms with Crippen LogP contribution in [-0.2, 0) is 26.8 Å². The van der Waals surface area contributed by atoms with Gasteiger partial charge in [0.15, 0.2) is 0 Å². The number of fused-ring (bicyclic) bond motifs is 1. The Balaban J connectivity index is 1.73. The van der Waals surface area contributed by atoms with E-state index in [0.717, 1.165) is 16.8 Å². The van der Waals surface area contributed by atoms with Crippen LogP contribution in [0.2, 0.25) is 0 Å². The highest BCUT2D eigenvalue weighted by atomic mass is 31.3. The number of aliphatic hydroxyl groups excluding tert-OH is 2. The second kappa shape index (κ2) is 7.55.